The Hall–Kier alpha value is -0.530. The summed E-state index contributed by atoms with van der Waals surface area (Å²) in [6.45, 7) is 5.71. The van der Waals surface area contributed by atoms with Crippen LogP contribution in [0, 0.1) is 11.8 Å². The number of rotatable bonds is 3. The van der Waals surface area contributed by atoms with Crippen LogP contribution in [0.3, 0.4) is 0 Å². The van der Waals surface area contributed by atoms with E-state index in [1.54, 1.807) is 6.92 Å². The summed E-state index contributed by atoms with van der Waals surface area (Å²) in [4.78, 5) is 10.3. The fraction of sp³-hybridized carbons (Fsp3) is 0.857. The molecule has 0 aromatic carbocycles. The number of aliphatic carboxylic acids is 1. The zero-order valence-electron chi connectivity index (χ0n) is 6.22. The Bertz CT molecular complexity index is 99.1. The van der Waals surface area contributed by atoms with Crippen LogP contribution in [-0.2, 0) is 4.79 Å². The number of hydrogen-bond donors (Lipinski definition) is 1. The summed E-state index contributed by atoms with van der Waals surface area (Å²) >= 11 is 0. The van der Waals surface area contributed by atoms with Gasteiger partial charge in [-0.05, 0) is 5.92 Å². The summed E-state index contributed by atoms with van der Waals surface area (Å²) < 4.78 is 0. The second kappa shape index (κ2) is 3.49. The normalized spacial score (nSPS) is 16.8. The molecule has 0 radical (unpaired) electrons. The quantitative estimate of drug-likeness (QED) is 0.632. The van der Waals surface area contributed by atoms with Gasteiger partial charge >= 0.3 is 5.97 Å². The van der Waals surface area contributed by atoms with Crippen molar-refractivity contribution in [3.05, 3.63) is 0 Å². The maximum Gasteiger partial charge on any atom is 0.306 e. The van der Waals surface area contributed by atoms with E-state index in [2.05, 4.69) is 0 Å². The smallest absolute Gasteiger partial charge is 0.306 e. The van der Waals surface area contributed by atoms with Crippen molar-refractivity contribution in [2.24, 2.45) is 11.8 Å². The molecule has 0 aliphatic heterocycles. The highest BCUT2D eigenvalue weighted by Crippen LogP contribution is 2.13. The van der Waals surface area contributed by atoms with Crippen molar-refractivity contribution in [3.8, 4) is 0 Å². The molecule has 0 heterocycles. The molecule has 0 spiro atoms. The molecule has 0 saturated heterocycles. The van der Waals surface area contributed by atoms with Gasteiger partial charge in [0, 0.05) is 0 Å². The lowest BCUT2D eigenvalue weighted by Crippen LogP contribution is -2.17. The molecule has 9 heavy (non-hydrogen) atoms. The predicted molar refractivity (Wildman–Crippen MR) is 36.3 cm³/mol. The van der Waals surface area contributed by atoms with E-state index < -0.39 is 5.97 Å². The third kappa shape index (κ3) is 2.49. The minimum atomic E-state index is -0.690. The van der Waals surface area contributed by atoms with Crippen LogP contribution in [0.2, 0.25) is 0 Å². The van der Waals surface area contributed by atoms with E-state index in [4.69, 9.17) is 5.11 Å². The van der Waals surface area contributed by atoms with Crippen LogP contribution in [0.1, 0.15) is 27.2 Å². The summed E-state index contributed by atoms with van der Waals surface area (Å²) in [5, 5.41) is 8.48. The molecule has 2 nitrogen and oxygen atoms in total. The molecule has 0 aromatic heterocycles. The van der Waals surface area contributed by atoms with Gasteiger partial charge in [0.05, 0.1) is 5.92 Å². The van der Waals surface area contributed by atoms with E-state index in [-0.39, 0.29) is 5.92 Å². The lowest BCUT2D eigenvalue weighted by Gasteiger charge is -2.11. The molecule has 2 atom stereocenters. The van der Waals surface area contributed by atoms with E-state index in [0.717, 1.165) is 6.42 Å². The zero-order valence-corrected chi connectivity index (χ0v) is 6.22. The van der Waals surface area contributed by atoms with Crippen molar-refractivity contribution in [3.63, 3.8) is 0 Å². The molecule has 0 bridgehead atoms. The highest BCUT2D eigenvalue weighted by atomic mass is 16.4. The van der Waals surface area contributed by atoms with Gasteiger partial charge in [0.2, 0.25) is 0 Å². The molecule has 0 aliphatic rings. The summed E-state index contributed by atoms with van der Waals surface area (Å²) in [6, 6.07) is 0. The van der Waals surface area contributed by atoms with Gasteiger partial charge in [0.1, 0.15) is 0 Å². The van der Waals surface area contributed by atoms with Gasteiger partial charge in [-0.2, -0.15) is 0 Å². The molecule has 1 N–H and O–H groups in total. The summed E-state index contributed by atoms with van der Waals surface area (Å²) in [5.74, 6) is -0.596. The molecular weight excluding hydrogens is 116 g/mol. The van der Waals surface area contributed by atoms with Crippen LogP contribution >= 0.6 is 0 Å². The Kier molecular flexibility index (Phi) is 3.28. The number of carbonyl (C=O) groups is 1. The Morgan fingerprint density at radius 1 is 1.56 bits per heavy atom. The molecule has 2 heteroatoms. The van der Waals surface area contributed by atoms with Crippen molar-refractivity contribution in [1.82, 2.24) is 0 Å². The largest absolute Gasteiger partial charge is 0.481 e. The first-order valence-corrected chi connectivity index (χ1v) is 3.32. The van der Waals surface area contributed by atoms with Gasteiger partial charge in [0.25, 0.3) is 0 Å². The lowest BCUT2D eigenvalue weighted by atomic mass is 9.94. The molecule has 0 fully saturated rings. The summed E-state index contributed by atoms with van der Waals surface area (Å²) in [5.41, 5.74) is 0. The zero-order chi connectivity index (χ0) is 7.44. The van der Waals surface area contributed by atoms with E-state index in [0.29, 0.717) is 5.92 Å². The van der Waals surface area contributed by atoms with Crippen molar-refractivity contribution in [2.75, 3.05) is 0 Å². The number of hydrogen-bond acceptors (Lipinski definition) is 1. The van der Waals surface area contributed by atoms with Gasteiger partial charge in [0.15, 0.2) is 0 Å². The van der Waals surface area contributed by atoms with Gasteiger partial charge in [-0.15, -0.1) is 0 Å². The number of carboxylic acids is 1. The Balaban J connectivity index is 3.72. The number of carboxylic acid groups (broad SMARTS) is 1. The Labute approximate surface area is 55.9 Å². The third-order valence-corrected chi connectivity index (χ3v) is 1.89. The van der Waals surface area contributed by atoms with Crippen molar-refractivity contribution >= 4 is 5.97 Å². The second-order valence-electron chi connectivity index (χ2n) is 2.51. The molecule has 1 unspecified atom stereocenters. The highest BCUT2D eigenvalue weighted by Gasteiger charge is 2.16. The SMILES string of the molecule is CCC(C)[C@H](C)C(=O)O. The fourth-order valence-corrected chi connectivity index (χ4v) is 0.597. The molecule has 0 aliphatic carbocycles. The molecular formula is C7H14O2. The first-order chi connectivity index (χ1) is 4.09. The average molecular weight is 130 g/mol. The van der Waals surface area contributed by atoms with Gasteiger partial charge < -0.3 is 5.11 Å². The van der Waals surface area contributed by atoms with Crippen molar-refractivity contribution < 1.29 is 9.90 Å². The van der Waals surface area contributed by atoms with E-state index in [1.165, 1.54) is 0 Å². The van der Waals surface area contributed by atoms with E-state index in [1.807, 2.05) is 13.8 Å². The average Bonchev–Trinajstić information content (AvgIpc) is 1.84. The van der Waals surface area contributed by atoms with E-state index >= 15 is 0 Å². The first kappa shape index (κ1) is 8.47. The molecule has 0 rings (SSSR count). The fourth-order valence-electron chi connectivity index (χ4n) is 0.597. The predicted octanol–water partition coefficient (Wildman–Crippen LogP) is 1.75. The lowest BCUT2D eigenvalue weighted by molar-refractivity contribution is -0.142. The molecule has 54 valence electrons. The van der Waals surface area contributed by atoms with Crippen molar-refractivity contribution in [2.45, 2.75) is 27.2 Å². The highest BCUT2D eigenvalue weighted by molar-refractivity contribution is 5.69. The monoisotopic (exact) mass is 130 g/mol. The van der Waals surface area contributed by atoms with Crippen LogP contribution in [0.15, 0.2) is 0 Å². The Morgan fingerprint density at radius 3 is 2.11 bits per heavy atom. The minimum absolute atomic E-state index is 0.199. The van der Waals surface area contributed by atoms with Crippen LogP contribution in [0.25, 0.3) is 0 Å². The third-order valence-electron chi connectivity index (χ3n) is 1.89. The Morgan fingerprint density at radius 2 is 2.00 bits per heavy atom. The van der Waals surface area contributed by atoms with Crippen LogP contribution in [-0.4, -0.2) is 11.1 Å². The van der Waals surface area contributed by atoms with Gasteiger partial charge in [-0.3, -0.25) is 4.79 Å². The van der Waals surface area contributed by atoms with Crippen LogP contribution in [0.4, 0.5) is 0 Å². The minimum Gasteiger partial charge on any atom is -0.481 e. The molecule has 0 saturated carbocycles. The maximum absolute atomic E-state index is 10.3. The molecule has 0 amide bonds. The van der Waals surface area contributed by atoms with E-state index in [9.17, 15) is 4.79 Å². The van der Waals surface area contributed by atoms with Gasteiger partial charge in [-0.25, -0.2) is 0 Å². The van der Waals surface area contributed by atoms with Crippen LogP contribution < -0.4 is 0 Å². The topological polar surface area (TPSA) is 37.3 Å². The van der Waals surface area contributed by atoms with Gasteiger partial charge in [-0.1, -0.05) is 27.2 Å². The standard InChI is InChI=1S/C7H14O2/c1-4-5(2)6(3)7(8)9/h5-6H,4H2,1-3H3,(H,8,9)/t5?,6-/m0/s1. The summed E-state index contributed by atoms with van der Waals surface area (Å²) in [7, 11) is 0. The summed E-state index contributed by atoms with van der Waals surface area (Å²) in [6.07, 6.45) is 0.938. The van der Waals surface area contributed by atoms with Crippen LogP contribution in [0.5, 0.6) is 0 Å². The van der Waals surface area contributed by atoms with Crippen molar-refractivity contribution in [1.29, 1.82) is 0 Å². The maximum atomic E-state index is 10.3. The molecule has 0 aromatic rings. The second-order valence-corrected chi connectivity index (χ2v) is 2.51. The first-order valence-electron chi connectivity index (χ1n) is 3.32.